The summed E-state index contributed by atoms with van der Waals surface area (Å²) in [6.07, 6.45) is 4.79. The van der Waals surface area contributed by atoms with E-state index in [4.69, 9.17) is 5.73 Å². The largest absolute Gasteiger partial charge is 0.479 e. The lowest BCUT2D eigenvalue weighted by Crippen LogP contribution is -2.56. The first kappa shape index (κ1) is 22.5. The van der Waals surface area contributed by atoms with Crippen molar-refractivity contribution < 1.29 is 20.1 Å². The van der Waals surface area contributed by atoms with Gasteiger partial charge in [0.05, 0.1) is 6.10 Å². The van der Waals surface area contributed by atoms with Crippen molar-refractivity contribution in [2.45, 2.75) is 84.0 Å². The first-order valence-corrected chi connectivity index (χ1v) is 9.43. The van der Waals surface area contributed by atoms with Crippen molar-refractivity contribution in [3.05, 3.63) is 29.1 Å². The van der Waals surface area contributed by atoms with Crippen LogP contribution in [0.5, 0.6) is 0 Å². The Morgan fingerprint density at radius 2 is 2.04 bits per heavy atom. The van der Waals surface area contributed by atoms with Gasteiger partial charge in [-0.2, -0.15) is 0 Å². The molecule has 3 atom stereocenters. The topological polar surface area (TPSA) is 117 Å². The molecule has 0 spiro atoms. The lowest BCUT2D eigenvalue weighted by Gasteiger charge is -2.30. The smallest absolute Gasteiger partial charge is 0.337 e. The molecule has 148 valence electrons. The van der Waals surface area contributed by atoms with E-state index < -0.39 is 17.6 Å². The molecular formula is C20H34N2O4. The number of aliphatic hydroxyl groups excluding tert-OH is 1. The molecule has 0 aromatic carbocycles. The van der Waals surface area contributed by atoms with E-state index >= 15 is 0 Å². The summed E-state index contributed by atoms with van der Waals surface area (Å²) in [5.41, 5.74) is 6.57. The summed E-state index contributed by atoms with van der Waals surface area (Å²) < 4.78 is 0. The Kier molecular flexibility index (Phi) is 8.67. The van der Waals surface area contributed by atoms with Gasteiger partial charge in [-0.1, -0.05) is 20.8 Å². The van der Waals surface area contributed by atoms with Crippen LogP contribution in [-0.4, -0.2) is 44.0 Å². The van der Waals surface area contributed by atoms with Crippen LogP contribution in [0.3, 0.4) is 0 Å². The van der Waals surface area contributed by atoms with Crippen molar-refractivity contribution in [1.82, 2.24) is 4.98 Å². The molecule has 0 fully saturated rings. The zero-order valence-electron chi connectivity index (χ0n) is 16.4. The number of nitrogens with zero attached hydrogens (tertiary/aromatic N) is 1. The average molecular weight is 367 g/mol. The van der Waals surface area contributed by atoms with Crippen molar-refractivity contribution in [1.29, 1.82) is 0 Å². The molecule has 0 aliphatic carbocycles. The normalized spacial score (nSPS) is 16.3. The van der Waals surface area contributed by atoms with Gasteiger partial charge in [-0.15, -0.1) is 0 Å². The zero-order valence-corrected chi connectivity index (χ0v) is 16.4. The zero-order chi connectivity index (χ0) is 19.9. The van der Waals surface area contributed by atoms with Gasteiger partial charge in [0.2, 0.25) is 0 Å². The van der Waals surface area contributed by atoms with Gasteiger partial charge in [-0.3, -0.25) is 4.98 Å². The molecule has 26 heavy (non-hydrogen) atoms. The summed E-state index contributed by atoms with van der Waals surface area (Å²) in [6, 6.07) is 0.982. The van der Waals surface area contributed by atoms with Crippen molar-refractivity contribution in [3.63, 3.8) is 0 Å². The SMILES string of the molecule is CCC(O)CCCc1cc(C[C@](O)(C(=O)O)[C@@H](N)CC(C)C)ncc1C. The van der Waals surface area contributed by atoms with Crippen LogP contribution in [0.15, 0.2) is 12.3 Å². The first-order chi connectivity index (χ1) is 12.1. The van der Waals surface area contributed by atoms with Gasteiger partial charge in [0.25, 0.3) is 0 Å². The minimum atomic E-state index is -2.04. The number of aromatic nitrogens is 1. The molecule has 1 aromatic rings. The molecule has 1 unspecified atom stereocenters. The highest BCUT2D eigenvalue weighted by Gasteiger charge is 2.43. The average Bonchev–Trinajstić information content (AvgIpc) is 2.56. The lowest BCUT2D eigenvalue weighted by molar-refractivity contribution is -0.161. The Bertz CT molecular complexity index is 591. The molecule has 5 N–H and O–H groups in total. The minimum Gasteiger partial charge on any atom is -0.479 e. The molecule has 0 radical (unpaired) electrons. The van der Waals surface area contributed by atoms with Crippen LogP contribution in [0.4, 0.5) is 0 Å². The van der Waals surface area contributed by atoms with Crippen molar-refractivity contribution in [2.24, 2.45) is 11.7 Å². The van der Waals surface area contributed by atoms with Crippen LogP contribution >= 0.6 is 0 Å². The Balaban J connectivity index is 2.93. The molecule has 6 heteroatoms. The third kappa shape index (κ3) is 6.34. The quantitative estimate of drug-likeness (QED) is 0.477. The lowest BCUT2D eigenvalue weighted by atomic mass is 9.84. The fraction of sp³-hybridized carbons (Fsp3) is 0.700. The molecule has 0 amide bonds. The summed E-state index contributed by atoms with van der Waals surface area (Å²) >= 11 is 0. The predicted molar refractivity (Wildman–Crippen MR) is 102 cm³/mol. The molecule has 1 heterocycles. The van der Waals surface area contributed by atoms with Crippen LogP contribution in [0.1, 0.15) is 63.3 Å². The van der Waals surface area contributed by atoms with Gasteiger partial charge in [0, 0.05) is 24.4 Å². The van der Waals surface area contributed by atoms with Gasteiger partial charge >= 0.3 is 5.97 Å². The van der Waals surface area contributed by atoms with E-state index in [1.807, 2.05) is 33.8 Å². The molecule has 1 rings (SSSR count). The number of rotatable bonds is 11. The van der Waals surface area contributed by atoms with Crippen LogP contribution in [-0.2, 0) is 17.6 Å². The van der Waals surface area contributed by atoms with E-state index in [-0.39, 0.29) is 18.4 Å². The summed E-state index contributed by atoms with van der Waals surface area (Å²) in [6.45, 7) is 7.79. The molecule has 0 aliphatic rings. The fourth-order valence-corrected chi connectivity index (χ4v) is 3.06. The fourth-order valence-electron chi connectivity index (χ4n) is 3.06. The highest BCUT2D eigenvalue weighted by Crippen LogP contribution is 2.23. The second-order valence-corrected chi connectivity index (χ2v) is 7.70. The van der Waals surface area contributed by atoms with E-state index in [0.29, 0.717) is 12.1 Å². The van der Waals surface area contributed by atoms with Crippen molar-refractivity contribution >= 4 is 5.97 Å². The Hall–Kier alpha value is -1.50. The Morgan fingerprint density at radius 3 is 2.58 bits per heavy atom. The summed E-state index contributed by atoms with van der Waals surface area (Å²) in [4.78, 5) is 16.0. The van der Waals surface area contributed by atoms with Crippen LogP contribution < -0.4 is 5.73 Å². The molecule has 0 aliphatic heterocycles. The van der Waals surface area contributed by atoms with Crippen LogP contribution in [0, 0.1) is 12.8 Å². The molecule has 6 nitrogen and oxygen atoms in total. The maximum atomic E-state index is 11.7. The number of aliphatic carboxylic acids is 1. The van der Waals surface area contributed by atoms with Crippen LogP contribution in [0.2, 0.25) is 0 Å². The first-order valence-electron chi connectivity index (χ1n) is 9.43. The molecule has 1 aromatic heterocycles. The van der Waals surface area contributed by atoms with Crippen LogP contribution in [0.25, 0.3) is 0 Å². The Labute approximate surface area is 156 Å². The number of aliphatic hydroxyl groups is 2. The second kappa shape index (κ2) is 10.00. The predicted octanol–water partition coefficient (Wildman–Crippen LogP) is 2.22. The third-order valence-corrected chi connectivity index (χ3v) is 4.89. The van der Waals surface area contributed by atoms with Gasteiger partial charge in [-0.05, 0) is 62.1 Å². The Morgan fingerprint density at radius 1 is 1.38 bits per heavy atom. The summed E-state index contributed by atoms with van der Waals surface area (Å²) in [7, 11) is 0. The number of pyridine rings is 1. The van der Waals surface area contributed by atoms with E-state index in [2.05, 4.69) is 4.98 Å². The number of carboxylic acids is 1. The van der Waals surface area contributed by atoms with Gasteiger partial charge in [-0.25, -0.2) is 4.79 Å². The standard InChI is InChI=1S/C20H34N2O4/c1-5-17(23)8-6-7-15-10-16(22-12-14(15)4)11-20(26,19(24)25)18(21)9-13(2)3/h10,12-13,17-18,23,26H,5-9,11,21H2,1-4H3,(H,24,25)/t17?,18-,20+/m0/s1. The van der Waals surface area contributed by atoms with Crippen molar-refractivity contribution in [2.75, 3.05) is 0 Å². The monoisotopic (exact) mass is 366 g/mol. The number of carbonyl (C=O) groups is 1. The third-order valence-electron chi connectivity index (χ3n) is 4.89. The molecule has 0 bridgehead atoms. The van der Waals surface area contributed by atoms with E-state index in [1.54, 1.807) is 6.20 Å². The molecule has 0 saturated carbocycles. The number of nitrogens with two attached hydrogens (primary N) is 1. The highest BCUT2D eigenvalue weighted by atomic mass is 16.4. The number of hydrogen-bond acceptors (Lipinski definition) is 5. The second-order valence-electron chi connectivity index (χ2n) is 7.70. The molecule has 0 saturated heterocycles. The maximum Gasteiger partial charge on any atom is 0.337 e. The highest BCUT2D eigenvalue weighted by molar-refractivity contribution is 5.78. The van der Waals surface area contributed by atoms with Gasteiger partial charge in [0.15, 0.2) is 5.60 Å². The van der Waals surface area contributed by atoms with E-state index in [9.17, 15) is 20.1 Å². The van der Waals surface area contributed by atoms with Gasteiger partial charge in [0.1, 0.15) is 0 Å². The molecular weight excluding hydrogens is 332 g/mol. The number of carboxylic acid groups (broad SMARTS) is 1. The van der Waals surface area contributed by atoms with Crippen molar-refractivity contribution in [3.8, 4) is 0 Å². The number of aryl methyl sites for hydroxylation is 2. The van der Waals surface area contributed by atoms with E-state index in [0.717, 1.165) is 36.8 Å². The van der Waals surface area contributed by atoms with E-state index in [1.165, 1.54) is 0 Å². The number of hydrogen-bond donors (Lipinski definition) is 4. The maximum absolute atomic E-state index is 11.7. The summed E-state index contributed by atoms with van der Waals surface area (Å²) in [5, 5.41) is 29.9. The van der Waals surface area contributed by atoms with Gasteiger partial charge < -0.3 is 21.1 Å². The minimum absolute atomic E-state index is 0.124. The summed E-state index contributed by atoms with van der Waals surface area (Å²) in [5.74, 6) is -1.14.